The minimum absolute atomic E-state index is 0.0566. The van der Waals surface area contributed by atoms with Crippen molar-refractivity contribution >= 4 is 37.8 Å². The molecular weight excluding hydrogens is 372 g/mol. The number of alkyl halides is 2. The van der Waals surface area contributed by atoms with E-state index in [1.807, 2.05) is 6.92 Å². The first-order valence-electron chi connectivity index (χ1n) is 6.30. The molecule has 0 aliphatic rings. The van der Waals surface area contributed by atoms with E-state index in [0.717, 1.165) is 11.1 Å². The summed E-state index contributed by atoms with van der Waals surface area (Å²) in [4.78, 5) is 12.1. The summed E-state index contributed by atoms with van der Waals surface area (Å²) < 4.78 is 5.16. The van der Waals surface area contributed by atoms with Gasteiger partial charge in [0.05, 0.1) is 12.2 Å². The highest BCUT2D eigenvalue weighted by molar-refractivity contribution is 9.08. The highest BCUT2D eigenvalue weighted by Gasteiger charge is 2.22. The molecule has 19 heavy (non-hydrogen) atoms. The smallest absolute Gasteiger partial charge is 0.338 e. The summed E-state index contributed by atoms with van der Waals surface area (Å²) in [5, 5.41) is 1.29. The molecule has 4 heteroatoms. The Bertz CT molecular complexity index is 437. The van der Waals surface area contributed by atoms with Gasteiger partial charge in [-0.05, 0) is 29.0 Å². The van der Waals surface area contributed by atoms with Gasteiger partial charge in [-0.25, -0.2) is 4.79 Å². The summed E-state index contributed by atoms with van der Waals surface area (Å²) in [6.07, 6.45) is 0. The number of benzene rings is 1. The van der Waals surface area contributed by atoms with Crippen molar-refractivity contribution in [2.24, 2.45) is 0 Å². The van der Waals surface area contributed by atoms with Crippen LogP contribution in [-0.2, 0) is 20.8 Å². The van der Waals surface area contributed by atoms with Gasteiger partial charge in [0.25, 0.3) is 0 Å². The molecule has 1 aromatic rings. The second kappa shape index (κ2) is 6.89. The molecule has 0 N–H and O–H groups in total. The van der Waals surface area contributed by atoms with Crippen LogP contribution in [0.5, 0.6) is 0 Å². The molecule has 0 saturated heterocycles. The van der Waals surface area contributed by atoms with E-state index in [-0.39, 0.29) is 11.4 Å². The van der Waals surface area contributed by atoms with Gasteiger partial charge in [-0.3, -0.25) is 0 Å². The number of carbonyl (C=O) groups is 1. The SMILES string of the molecule is CCOC(=O)c1c(CBr)cc(C(C)(C)C)cc1CBr. The number of esters is 1. The third-order valence-corrected chi connectivity index (χ3v) is 4.14. The molecule has 0 bridgehead atoms. The molecule has 0 atom stereocenters. The number of rotatable bonds is 4. The molecule has 0 heterocycles. The maximum absolute atomic E-state index is 12.1. The summed E-state index contributed by atoms with van der Waals surface area (Å²) in [7, 11) is 0. The van der Waals surface area contributed by atoms with Crippen molar-refractivity contribution in [2.45, 2.75) is 43.8 Å². The molecular formula is C15H20Br2O2. The van der Waals surface area contributed by atoms with Crippen molar-refractivity contribution in [3.8, 4) is 0 Å². The summed E-state index contributed by atoms with van der Waals surface area (Å²) >= 11 is 6.94. The van der Waals surface area contributed by atoms with Crippen molar-refractivity contribution < 1.29 is 9.53 Å². The van der Waals surface area contributed by atoms with Gasteiger partial charge in [-0.15, -0.1) is 0 Å². The molecule has 0 saturated carbocycles. The molecule has 1 rings (SSSR count). The summed E-state index contributed by atoms with van der Waals surface area (Å²) in [5.74, 6) is -0.244. The van der Waals surface area contributed by atoms with E-state index in [1.54, 1.807) is 0 Å². The lowest BCUT2D eigenvalue weighted by Gasteiger charge is -2.22. The van der Waals surface area contributed by atoms with Gasteiger partial charge in [-0.1, -0.05) is 64.8 Å². The number of hydrogen-bond donors (Lipinski definition) is 0. The Kier molecular flexibility index (Phi) is 6.06. The zero-order valence-corrected chi connectivity index (χ0v) is 15.0. The lowest BCUT2D eigenvalue weighted by Crippen LogP contribution is -2.16. The van der Waals surface area contributed by atoms with Crippen LogP contribution in [0.3, 0.4) is 0 Å². The first-order valence-corrected chi connectivity index (χ1v) is 8.54. The van der Waals surface area contributed by atoms with Crippen LogP contribution in [0.1, 0.15) is 54.7 Å². The number of halogens is 2. The third kappa shape index (κ3) is 4.06. The monoisotopic (exact) mass is 390 g/mol. The number of hydrogen-bond acceptors (Lipinski definition) is 2. The normalized spacial score (nSPS) is 11.5. The van der Waals surface area contributed by atoms with E-state index in [1.165, 1.54) is 5.56 Å². The fourth-order valence-corrected chi connectivity index (χ4v) is 2.76. The van der Waals surface area contributed by atoms with Crippen LogP contribution in [0.15, 0.2) is 12.1 Å². The zero-order valence-electron chi connectivity index (χ0n) is 11.8. The Morgan fingerprint density at radius 2 is 1.63 bits per heavy atom. The molecule has 0 fully saturated rings. The summed E-state index contributed by atoms with van der Waals surface area (Å²) in [6.45, 7) is 8.72. The molecule has 1 aromatic carbocycles. The van der Waals surface area contributed by atoms with Crippen molar-refractivity contribution in [1.29, 1.82) is 0 Å². The third-order valence-electron chi connectivity index (χ3n) is 2.94. The quantitative estimate of drug-likeness (QED) is 0.536. The standard InChI is InChI=1S/C15H20Br2O2/c1-5-19-14(18)13-10(8-16)6-12(15(2,3)4)7-11(13)9-17/h6-7H,5,8-9H2,1-4H3. The predicted molar refractivity (Wildman–Crippen MR) is 86.4 cm³/mol. The first-order chi connectivity index (χ1) is 8.85. The number of carbonyl (C=O) groups excluding carboxylic acids is 1. The fourth-order valence-electron chi connectivity index (χ4n) is 1.88. The van der Waals surface area contributed by atoms with Gasteiger partial charge >= 0.3 is 5.97 Å². The fraction of sp³-hybridized carbons (Fsp3) is 0.533. The van der Waals surface area contributed by atoms with Gasteiger partial charge in [0, 0.05) is 10.7 Å². The van der Waals surface area contributed by atoms with E-state index in [0.29, 0.717) is 22.8 Å². The Hall–Kier alpha value is -0.350. The first kappa shape index (κ1) is 16.7. The second-order valence-electron chi connectivity index (χ2n) is 5.41. The summed E-state index contributed by atoms with van der Waals surface area (Å²) in [5.41, 5.74) is 3.94. The Morgan fingerprint density at radius 3 is 1.95 bits per heavy atom. The topological polar surface area (TPSA) is 26.3 Å². The zero-order chi connectivity index (χ0) is 14.6. The maximum Gasteiger partial charge on any atom is 0.338 e. The highest BCUT2D eigenvalue weighted by Crippen LogP contribution is 2.30. The lowest BCUT2D eigenvalue weighted by atomic mass is 9.84. The van der Waals surface area contributed by atoms with Gasteiger partial charge in [-0.2, -0.15) is 0 Å². The van der Waals surface area contributed by atoms with Crippen LogP contribution in [0.4, 0.5) is 0 Å². The maximum atomic E-state index is 12.1. The molecule has 0 radical (unpaired) electrons. The van der Waals surface area contributed by atoms with Crippen molar-refractivity contribution in [3.63, 3.8) is 0 Å². The largest absolute Gasteiger partial charge is 0.462 e. The van der Waals surface area contributed by atoms with Crippen LogP contribution >= 0.6 is 31.9 Å². The van der Waals surface area contributed by atoms with E-state index in [9.17, 15) is 4.79 Å². The van der Waals surface area contributed by atoms with Gasteiger partial charge < -0.3 is 4.74 Å². The van der Waals surface area contributed by atoms with E-state index < -0.39 is 0 Å². The second-order valence-corrected chi connectivity index (χ2v) is 6.53. The summed E-state index contributed by atoms with van der Waals surface area (Å²) in [6, 6.07) is 4.18. The minimum Gasteiger partial charge on any atom is -0.462 e. The average molecular weight is 392 g/mol. The van der Waals surface area contributed by atoms with Crippen molar-refractivity contribution in [1.82, 2.24) is 0 Å². The molecule has 0 spiro atoms. The molecule has 0 aliphatic heterocycles. The minimum atomic E-state index is -0.244. The predicted octanol–water partition coefficient (Wildman–Crippen LogP) is 4.95. The highest BCUT2D eigenvalue weighted by atomic mass is 79.9. The molecule has 106 valence electrons. The van der Waals surface area contributed by atoms with Crippen LogP contribution in [0.25, 0.3) is 0 Å². The van der Waals surface area contributed by atoms with Crippen molar-refractivity contribution in [2.75, 3.05) is 6.61 Å². The Labute approximate surface area is 132 Å². The molecule has 2 nitrogen and oxygen atoms in total. The van der Waals surface area contributed by atoms with Crippen LogP contribution in [0.2, 0.25) is 0 Å². The van der Waals surface area contributed by atoms with Crippen LogP contribution in [-0.4, -0.2) is 12.6 Å². The van der Waals surface area contributed by atoms with E-state index >= 15 is 0 Å². The molecule has 0 amide bonds. The Morgan fingerprint density at radius 1 is 1.16 bits per heavy atom. The van der Waals surface area contributed by atoms with E-state index in [4.69, 9.17) is 4.74 Å². The Balaban J connectivity index is 3.42. The average Bonchev–Trinajstić information content (AvgIpc) is 2.36. The van der Waals surface area contributed by atoms with Crippen LogP contribution in [0, 0.1) is 0 Å². The molecule has 0 aliphatic carbocycles. The van der Waals surface area contributed by atoms with Crippen LogP contribution < -0.4 is 0 Å². The van der Waals surface area contributed by atoms with Gasteiger partial charge in [0.1, 0.15) is 0 Å². The van der Waals surface area contributed by atoms with E-state index in [2.05, 4.69) is 64.8 Å². The van der Waals surface area contributed by atoms with Gasteiger partial charge in [0.15, 0.2) is 0 Å². The number of ether oxygens (including phenoxy) is 1. The molecule has 0 unspecified atom stereocenters. The molecule has 0 aromatic heterocycles. The lowest BCUT2D eigenvalue weighted by molar-refractivity contribution is 0.0524. The van der Waals surface area contributed by atoms with Gasteiger partial charge in [0.2, 0.25) is 0 Å². The van der Waals surface area contributed by atoms with Crippen molar-refractivity contribution in [3.05, 3.63) is 34.4 Å².